The Morgan fingerprint density at radius 2 is 0.549 bits per heavy atom. The molecule has 0 heterocycles. The van der Waals surface area contributed by atoms with E-state index < -0.39 is 14.2 Å². The zero-order chi connectivity index (χ0) is 51.7. The van der Waals surface area contributed by atoms with Crippen molar-refractivity contribution in [1.82, 2.24) is 0 Å². The summed E-state index contributed by atoms with van der Waals surface area (Å²) in [7, 11) is 5.86. The normalized spacial score (nSPS) is 12.3. The standard InChI is InChI=1S/3C20H36O2S.CH3.Sn/c3*1-2-3-4-5-6-7-8-9-10-11-12-13-14-15-16-17-20(21)22-18-19-23;;/h3*6-7,9-10,23H,2-5,8,11-19H2,1H3;1H3;/q;;;;+3/p-3/b3*7-6+,10-9+;;. The third kappa shape index (κ3) is 56.3. The van der Waals surface area contributed by atoms with E-state index in [1.54, 1.807) is 0 Å². The number of allylic oxidation sites excluding steroid dienone is 12. The van der Waals surface area contributed by atoms with Crippen molar-refractivity contribution in [3.63, 3.8) is 0 Å². The third-order valence-electron chi connectivity index (χ3n) is 12.1. The molecule has 0 aromatic heterocycles. The van der Waals surface area contributed by atoms with Gasteiger partial charge < -0.3 is 0 Å². The van der Waals surface area contributed by atoms with Gasteiger partial charge in [-0.25, -0.2) is 0 Å². The van der Waals surface area contributed by atoms with Crippen LogP contribution in [0.15, 0.2) is 72.9 Å². The molecule has 0 bridgehead atoms. The molecule has 0 spiro atoms. The van der Waals surface area contributed by atoms with Crippen LogP contribution in [-0.2, 0) is 28.6 Å². The van der Waals surface area contributed by atoms with E-state index in [9.17, 15) is 14.4 Å². The minimum atomic E-state index is -2.89. The first kappa shape index (κ1) is 69.7. The zero-order valence-corrected chi connectivity index (χ0v) is 51.6. The van der Waals surface area contributed by atoms with E-state index in [0.29, 0.717) is 39.1 Å². The summed E-state index contributed by atoms with van der Waals surface area (Å²) in [4.78, 5) is 40.0. The van der Waals surface area contributed by atoms with Gasteiger partial charge in [0.05, 0.1) is 0 Å². The Balaban J connectivity index is 4.49. The molecule has 0 saturated heterocycles. The minimum Gasteiger partial charge on any atom is -0.0882 e. The fraction of sp³-hybridized carbons (Fsp3) is 0.754. The molecule has 0 N–H and O–H groups in total. The molecule has 0 aromatic rings. The summed E-state index contributed by atoms with van der Waals surface area (Å²) >= 11 is -2.89. The van der Waals surface area contributed by atoms with Crippen molar-refractivity contribution < 1.29 is 28.6 Å². The minimum absolute atomic E-state index is 0.0967. The van der Waals surface area contributed by atoms with Crippen LogP contribution in [0.2, 0.25) is 4.94 Å². The molecule has 0 amide bonds. The number of carbonyl (C=O) groups excluding carboxylic acids is 3. The molecule has 0 rings (SSSR count). The van der Waals surface area contributed by atoms with E-state index >= 15 is 0 Å². The molecule has 0 aliphatic carbocycles. The quantitative estimate of drug-likeness (QED) is 0.0195. The second-order valence-corrected chi connectivity index (χ2v) is 55.1. The molecule has 0 aliphatic heterocycles. The van der Waals surface area contributed by atoms with Crippen molar-refractivity contribution in [3.8, 4) is 0 Å². The van der Waals surface area contributed by atoms with Gasteiger partial charge in [0.2, 0.25) is 0 Å². The van der Waals surface area contributed by atoms with Crippen LogP contribution in [0, 0.1) is 0 Å². The number of hydrogen-bond acceptors (Lipinski definition) is 9. The van der Waals surface area contributed by atoms with Gasteiger partial charge in [0.1, 0.15) is 0 Å². The topological polar surface area (TPSA) is 78.9 Å². The van der Waals surface area contributed by atoms with E-state index in [0.717, 1.165) is 114 Å². The summed E-state index contributed by atoms with van der Waals surface area (Å²) in [6, 6.07) is 0. The molecule has 0 aromatic carbocycles. The number of ether oxygens (including phenoxy) is 3. The molecule has 6 nitrogen and oxygen atoms in total. The Labute approximate surface area is 451 Å². The van der Waals surface area contributed by atoms with Gasteiger partial charge in [0.15, 0.2) is 0 Å². The Kier molecular flexibility index (Phi) is 56.9. The molecule has 10 heteroatoms. The monoisotopic (exact) mass is 1150 g/mol. The van der Waals surface area contributed by atoms with E-state index in [1.807, 2.05) is 26.8 Å². The van der Waals surface area contributed by atoms with Crippen LogP contribution >= 0.6 is 26.8 Å². The Morgan fingerprint density at radius 3 is 0.803 bits per heavy atom. The van der Waals surface area contributed by atoms with Crippen LogP contribution < -0.4 is 0 Å². The summed E-state index contributed by atoms with van der Waals surface area (Å²) in [5.74, 6) is 2.00. The molecule has 410 valence electrons. The van der Waals surface area contributed by atoms with Gasteiger partial charge in [0, 0.05) is 0 Å². The van der Waals surface area contributed by atoms with E-state index in [4.69, 9.17) is 14.2 Å². The molecule has 0 saturated carbocycles. The van der Waals surface area contributed by atoms with Gasteiger partial charge in [-0.2, -0.15) is 0 Å². The van der Waals surface area contributed by atoms with Crippen LogP contribution in [0.4, 0.5) is 0 Å². The molecular weight excluding hydrogens is 1040 g/mol. The van der Waals surface area contributed by atoms with Crippen LogP contribution in [0.25, 0.3) is 0 Å². The van der Waals surface area contributed by atoms with Crippen LogP contribution in [0.5, 0.6) is 0 Å². The molecule has 0 fully saturated rings. The Morgan fingerprint density at radius 1 is 0.324 bits per heavy atom. The van der Waals surface area contributed by atoms with Crippen molar-refractivity contribution in [1.29, 1.82) is 0 Å². The number of unbranched alkanes of at least 4 members (excludes halogenated alkanes) is 24. The van der Waals surface area contributed by atoms with Crippen molar-refractivity contribution in [2.45, 2.75) is 257 Å². The number of esters is 3. The molecule has 0 radical (unpaired) electrons. The smallest absolute Gasteiger partial charge is 0.0882 e. The predicted octanol–water partition coefficient (Wildman–Crippen LogP) is 19.8. The predicted molar refractivity (Wildman–Crippen MR) is 320 cm³/mol. The van der Waals surface area contributed by atoms with Crippen molar-refractivity contribution in [3.05, 3.63) is 72.9 Å². The second kappa shape index (κ2) is 58.0. The molecule has 0 atom stereocenters. The Bertz CT molecular complexity index is 1220. The van der Waals surface area contributed by atoms with Crippen LogP contribution in [0.1, 0.15) is 252 Å². The number of carbonyl (C=O) groups is 3. The average molecular weight is 1150 g/mol. The van der Waals surface area contributed by atoms with Crippen LogP contribution in [-0.4, -0.2) is 69.2 Å². The first-order valence-corrected chi connectivity index (χ1v) is 45.4. The summed E-state index contributed by atoms with van der Waals surface area (Å²) < 4.78 is 17.0. The molecule has 71 heavy (non-hydrogen) atoms. The summed E-state index contributed by atoms with van der Waals surface area (Å²) in [5, 5.41) is 0. The van der Waals surface area contributed by atoms with E-state index in [2.05, 4.69) is 98.6 Å². The van der Waals surface area contributed by atoms with E-state index in [1.165, 1.54) is 116 Å². The van der Waals surface area contributed by atoms with Crippen LogP contribution in [0.3, 0.4) is 0 Å². The fourth-order valence-corrected chi connectivity index (χ4v) is 38.5. The van der Waals surface area contributed by atoms with Crippen molar-refractivity contribution >= 4 is 59.0 Å². The van der Waals surface area contributed by atoms with Crippen molar-refractivity contribution in [2.24, 2.45) is 0 Å². The first-order valence-electron chi connectivity index (χ1n) is 29.2. The van der Waals surface area contributed by atoms with Crippen molar-refractivity contribution in [2.75, 3.05) is 37.1 Å². The van der Waals surface area contributed by atoms with E-state index in [-0.39, 0.29) is 17.9 Å². The average Bonchev–Trinajstić information content (AvgIpc) is 3.36. The molecule has 0 unspecified atom stereocenters. The summed E-state index contributed by atoms with van der Waals surface area (Å²) in [6.07, 6.45) is 67.4. The first-order chi connectivity index (χ1) is 34.9. The second-order valence-electron chi connectivity index (χ2n) is 19.0. The van der Waals surface area contributed by atoms with Gasteiger partial charge in [-0.15, -0.1) is 0 Å². The van der Waals surface area contributed by atoms with Gasteiger partial charge >= 0.3 is 264 Å². The fourth-order valence-electron chi connectivity index (χ4n) is 7.73. The molecule has 0 aliphatic rings. The van der Waals surface area contributed by atoms with Gasteiger partial charge in [-0.1, -0.05) is 132 Å². The Hall–Kier alpha value is -1.30. The maximum atomic E-state index is 12.6. The summed E-state index contributed by atoms with van der Waals surface area (Å²) in [6.45, 7) is 7.99. The number of rotatable bonds is 54. The summed E-state index contributed by atoms with van der Waals surface area (Å²) in [5.41, 5.74) is 0. The number of hydrogen-bond donors (Lipinski definition) is 0. The molecular formula is C61H108O6S3Sn. The van der Waals surface area contributed by atoms with Gasteiger partial charge in [-0.3, -0.25) is 0 Å². The van der Waals surface area contributed by atoms with Gasteiger partial charge in [-0.05, 0) is 57.8 Å². The zero-order valence-electron chi connectivity index (χ0n) is 46.3. The third-order valence-corrected chi connectivity index (χ3v) is 47.8. The SMILES string of the molecule is CCCCC/C=C/C/C=C/CCCCCCCC(=O)OCC[S][Sn]([CH3])([S]CCOC(=O)CCCCCCC/C=C/C/C=C/CCCCC)[S]CCOC(=O)CCCCCCC/C=C/C/C=C/CCCCC. The van der Waals surface area contributed by atoms with Gasteiger partial charge in [0.25, 0.3) is 0 Å². The maximum absolute atomic E-state index is 12.6.